The fraction of sp³-hybridized carbons (Fsp3) is 0.185. The van der Waals surface area contributed by atoms with Crippen LogP contribution in [0.25, 0.3) is 33.0 Å². The molecule has 0 unspecified atom stereocenters. The van der Waals surface area contributed by atoms with Crippen LogP contribution in [0.2, 0.25) is 5.02 Å². The van der Waals surface area contributed by atoms with Gasteiger partial charge in [-0.15, -0.1) is 0 Å². The minimum Gasteiger partial charge on any atom is -0.206 e. The summed E-state index contributed by atoms with van der Waals surface area (Å²) in [6, 6.07) is 15.2. The first kappa shape index (κ1) is 22.3. The molecule has 4 rings (SSSR count). The molecule has 0 fully saturated rings. The molecule has 0 saturated carbocycles. The molecule has 0 radical (unpaired) electrons. The Morgan fingerprint density at radius 1 is 0.688 bits per heavy atom. The van der Waals surface area contributed by atoms with Crippen molar-refractivity contribution in [3.05, 3.63) is 94.5 Å². The van der Waals surface area contributed by atoms with Crippen molar-refractivity contribution >= 4 is 22.4 Å². The molecular formula is C27H21ClF4. The van der Waals surface area contributed by atoms with Gasteiger partial charge in [-0.2, -0.15) is 0 Å². The van der Waals surface area contributed by atoms with Crippen molar-refractivity contribution in [3.63, 3.8) is 0 Å². The van der Waals surface area contributed by atoms with Gasteiger partial charge < -0.3 is 0 Å². The smallest absolute Gasteiger partial charge is 0.145 e. The number of fused-ring (bicyclic) bond motifs is 1. The molecule has 0 aliphatic rings. The van der Waals surface area contributed by atoms with Crippen LogP contribution in [0.5, 0.6) is 0 Å². The maximum atomic E-state index is 15.3. The first-order valence-corrected chi connectivity index (χ1v) is 10.9. The van der Waals surface area contributed by atoms with Crippen molar-refractivity contribution in [1.82, 2.24) is 0 Å². The Morgan fingerprint density at radius 2 is 1.38 bits per heavy atom. The summed E-state index contributed by atoms with van der Waals surface area (Å²) in [6.45, 7) is 2.15. The first-order chi connectivity index (χ1) is 15.4. The van der Waals surface area contributed by atoms with Gasteiger partial charge in [0.2, 0.25) is 0 Å². The minimum atomic E-state index is -0.972. The standard InChI is InChI=1S/C27H21ClF4/c1-2-3-4-5-16-6-9-21-17(12-16)8-11-22(27(21)32)18-7-10-20(23(29)13-18)19-14-24(30)26(28)25(31)15-19/h6-15H,2-5H2,1H3. The highest BCUT2D eigenvalue weighted by Crippen LogP contribution is 2.34. The average molecular weight is 457 g/mol. The van der Waals surface area contributed by atoms with Crippen molar-refractivity contribution in [3.8, 4) is 22.3 Å². The molecule has 0 nitrogen and oxygen atoms in total. The van der Waals surface area contributed by atoms with Gasteiger partial charge in [0.1, 0.15) is 28.3 Å². The number of aryl methyl sites for hydroxylation is 1. The Kier molecular flexibility index (Phi) is 6.52. The molecule has 0 N–H and O–H groups in total. The Hall–Kier alpha value is -2.85. The van der Waals surface area contributed by atoms with Crippen LogP contribution in [0, 0.1) is 23.3 Å². The second-order valence-electron chi connectivity index (χ2n) is 7.89. The fourth-order valence-corrected chi connectivity index (χ4v) is 4.04. The molecule has 0 aliphatic carbocycles. The van der Waals surface area contributed by atoms with E-state index in [0.717, 1.165) is 48.8 Å². The van der Waals surface area contributed by atoms with Gasteiger partial charge in [-0.05, 0) is 53.1 Å². The second-order valence-corrected chi connectivity index (χ2v) is 8.27. The Bertz CT molecular complexity index is 1270. The van der Waals surface area contributed by atoms with E-state index < -0.39 is 28.3 Å². The monoisotopic (exact) mass is 456 g/mol. The molecule has 0 aliphatic heterocycles. The number of halogens is 5. The summed E-state index contributed by atoms with van der Waals surface area (Å²) in [5.74, 6) is -3.09. The highest BCUT2D eigenvalue weighted by molar-refractivity contribution is 6.31. The third kappa shape index (κ3) is 4.37. The fourth-order valence-electron chi connectivity index (χ4n) is 3.93. The lowest BCUT2D eigenvalue weighted by atomic mass is 9.96. The van der Waals surface area contributed by atoms with Crippen LogP contribution in [-0.4, -0.2) is 0 Å². The molecule has 0 saturated heterocycles. The van der Waals surface area contributed by atoms with Gasteiger partial charge in [0.25, 0.3) is 0 Å². The number of rotatable bonds is 6. The van der Waals surface area contributed by atoms with Crippen LogP contribution in [-0.2, 0) is 6.42 Å². The van der Waals surface area contributed by atoms with E-state index in [1.54, 1.807) is 12.1 Å². The van der Waals surface area contributed by atoms with Gasteiger partial charge in [-0.1, -0.05) is 73.8 Å². The van der Waals surface area contributed by atoms with Crippen molar-refractivity contribution in [2.75, 3.05) is 0 Å². The van der Waals surface area contributed by atoms with Crippen molar-refractivity contribution in [2.45, 2.75) is 32.6 Å². The second kappa shape index (κ2) is 9.33. The van der Waals surface area contributed by atoms with E-state index in [9.17, 15) is 13.2 Å². The molecule has 0 bridgehead atoms. The lowest BCUT2D eigenvalue weighted by Gasteiger charge is -2.11. The topological polar surface area (TPSA) is 0 Å². The van der Waals surface area contributed by atoms with Gasteiger partial charge in [0.15, 0.2) is 0 Å². The number of benzene rings is 4. The summed E-state index contributed by atoms with van der Waals surface area (Å²) in [7, 11) is 0. The SMILES string of the molecule is CCCCCc1ccc2c(F)c(-c3ccc(-c4cc(F)c(Cl)c(F)c4)c(F)c3)ccc2c1. The zero-order valence-electron chi connectivity index (χ0n) is 17.5. The minimum absolute atomic E-state index is 0.00105. The summed E-state index contributed by atoms with van der Waals surface area (Å²) < 4.78 is 57.6. The largest absolute Gasteiger partial charge is 0.206 e. The third-order valence-corrected chi connectivity index (χ3v) is 6.02. The van der Waals surface area contributed by atoms with Crippen LogP contribution >= 0.6 is 11.6 Å². The maximum absolute atomic E-state index is 15.3. The van der Waals surface area contributed by atoms with E-state index in [4.69, 9.17) is 11.6 Å². The normalized spacial score (nSPS) is 11.3. The molecule has 164 valence electrons. The van der Waals surface area contributed by atoms with E-state index >= 15 is 4.39 Å². The van der Waals surface area contributed by atoms with Gasteiger partial charge >= 0.3 is 0 Å². The van der Waals surface area contributed by atoms with Crippen molar-refractivity contribution < 1.29 is 17.6 Å². The first-order valence-electron chi connectivity index (χ1n) is 10.5. The Balaban J connectivity index is 1.69. The summed E-state index contributed by atoms with van der Waals surface area (Å²) in [4.78, 5) is 0. The molecule has 0 spiro atoms. The van der Waals surface area contributed by atoms with Crippen molar-refractivity contribution in [1.29, 1.82) is 0 Å². The van der Waals surface area contributed by atoms with Gasteiger partial charge in [-0.3, -0.25) is 0 Å². The molecule has 0 atom stereocenters. The zero-order chi connectivity index (χ0) is 22.8. The molecule has 4 aromatic carbocycles. The van der Waals surface area contributed by atoms with E-state index in [1.807, 2.05) is 18.2 Å². The molecule has 32 heavy (non-hydrogen) atoms. The molecular weight excluding hydrogens is 436 g/mol. The lowest BCUT2D eigenvalue weighted by molar-refractivity contribution is 0.584. The molecule has 5 heteroatoms. The van der Waals surface area contributed by atoms with Crippen LogP contribution in [0.4, 0.5) is 17.6 Å². The van der Waals surface area contributed by atoms with Gasteiger partial charge in [-0.25, -0.2) is 17.6 Å². The highest BCUT2D eigenvalue weighted by Gasteiger charge is 2.15. The Labute approximate surface area is 189 Å². The molecule has 0 aromatic heterocycles. The maximum Gasteiger partial charge on any atom is 0.145 e. The highest BCUT2D eigenvalue weighted by atomic mass is 35.5. The van der Waals surface area contributed by atoms with Gasteiger partial charge in [0.05, 0.1) is 0 Å². The van der Waals surface area contributed by atoms with E-state index in [2.05, 4.69) is 6.92 Å². The van der Waals surface area contributed by atoms with Crippen LogP contribution in [0.15, 0.2) is 60.7 Å². The molecule has 4 aromatic rings. The van der Waals surface area contributed by atoms with E-state index in [1.165, 1.54) is 18.2 Å². The van der Waals surface area contributed by atoms with E-state index in [-0.39, 0.29) is 16.7 Å². The predicted molar refractivity (Wildman–Crippen MR) is 123 cm³/mol. The van der Waals surface area contributed by atoms with Crippen molar-refractivity contribution in [2.24, 2.45) is 0 Å². The number of unbranched alkanes of at least 4 members (excludes halogenated alkanes) is 2. The van der Waals surface area contributed by atoms with Crippen LogP contribution < -0.4 is 0 Å². The summed E-state index contributed by atoms with van der Waals surface area (Å²) >= 11 is 5.50. The van der Waals surface area contributed by atoms with Crippen LogP contribution in [0.1, 0.15) is 31.7 Å². The average Bonchev–Trinajstić information content (AvgIpc) is 2.77. The Morgan fingerprint density at radius 3 is 2.06 bits per heavy atom. The summed E-state index contributed by atoms with van der Waals surface area (Å²) in [5.41, 5.74) is 1.78. The summed E-state index contributed by atoms with van der Waals surface area (Å²) in [6.07, 6.45) is 4.34. The van der Waals surface area contributed by atoms with E-state index in [0.29, 0.717) is 10.9 Å². The molecule has 0 heterocycles. The van der Waals surface area contributed by atoms with Gasteiger partial charge in [0, 0.05) is 16.5 Å². The third-order valence-electron chi connectivity index (χ3n) is 5.66. The molecule has 0 amide bonds. The number of hydrogen-bond acceptors (Lipinski definition) is 0. The predicted octanol–water partition coefficient (Wildman–Crippen LogP) is 9.12. The quantitative estimate of drug-likeness (QED) is 0.154. The van der Waals surface area contributed by atoms with Crippen LogP contribution in [0.3, 0.4) is 0 Å². The zero-order valence-corrected chi connectivity index (χ0v) is 18.2. The summed E-state index contributed by atoms with van der Waals surface area (Å²) in [5, 5.41) is 0.620. The lowest BCUT2D eigenvalue weighted by Crippen LogP contribution is -1.93. The number of hydrogen-bond donors (Lipinski definition) is 0.